The zero-order valence-corrected chi connectivity index (χ0v) is 13.0. The Labute approximate surface area is 134 Å². The Morgan fingerprint density at radius 3 is 1.65 bits per heavy atom. The van der Waals surface area contributed by atoms with Crippen LogP contribution in [0.3, 0.4) is 0 Å². The lowest BCUT2D eigenvalue weighted by molar-refractivity contribution is -0.137. The average molecular weight is 322 g/mol. The maximum Gasteiger partial charge on any atom is 0.335 e. The number of hydrogen-bond acceptors (Lipinski definition) is 3. The van der Waals surface area contributed by atoms with Gasteiger partial charge in [0.2, 0.25) is 0 Å². The Morgan fingerprint density at radius 1 is 0.696 bits per heavy atom. The zero-order chi connectivity index (χ0) is 17.2. The van der Waals surface area contributed by atoms with Crippen molar-refractivity contribution in [2.75, 3.05) is 0 Å². The van der Waals surface area contributed by atoms with Crippen LogP contribution in [0.1, 0.15) is 71.2 Å². The van der Waals surface area contributed by atoms with Gasteiger partial charge in [0.15, 0.2) is 0 Å². The van der Waals surface area contributed by atoms with Gasteiger partial charge in [-0.15, -0.1) is 0 Å². The maximum atomic E-state index is 11.0. The SMILES string of the molecule is O=C(O)CCCCCCCCc1cc(C(=O)O)cc(C(=O)O)c1. The van der Waals surface area contributed by atoms with Crippen molar-refractivity contribution < 1.29 is 29.7 Å². The predicted molar refractivity (Wildman–Crippen MR) is 84.0 cm³/mol. The summed E-state index contributed by atoms with van der Waals surface area (Å²) in [5.74, 6) is -3.03. The third-order valence-corrected chi connectivity index (χ3v) is 3.59. The molecule has 1 aromatic rings. The number of unbranched alkanes of at least 4 members (excludes halogenated alkanes) is 5. The third kappa shape index (κ3) is 7.44. The molecule has 0 unspecified atom stereocenters. The van der Waals surface area contributed by atoms with Gasteiger partial charge in [-0.1, -0.05) is 25.7 Å². The first-order chi connectivity index (χ1) is 10.9. The number of aromatic carboxylic acids is 2. The van der Waals surface area contributed by atoms with E-state index in [0.717, 1.165) is 38.2 Å². The fourth-order valence-electron chi connectivity index (χ4n) is 2.40. The minimum atomic E-state index is -1.13. The smallest absolute Gasteiger partial charge is 0.335 e. The highest BCUT2D eigenvalue weighted by molar-refractivity contribution is 5.94. The number of benzene rings is 1. The minimum Gasteiger partial charge on any atom is -0.481 e. The number of aliphatic carboxylic acids is 1. The van der Waals surface area contributed by atoms with Gasteiger partial charge in [-0.2, -0.15) is 0 Å². The highest BCUT2D eigenvalue weighted by Crippen LogP contribution is 2.15. The van der Waals surface area contributed by atoms with E-state index >= 15 is 0 Å². The number of rotatable bonds is 11. The average Bonchev–Trinajstić information content (AvgIpc) is 2.49. The minimum absolute atomic E-state index is 0.00595. The van der Waals surface area contributed by atoms with Crippen molar-refractivity contribution in [1.29, 1.82) is 0 Å². The van der Waals surface area contributed by atoms with E-state index in [2.05, 4.69) is 0 Å². The Balaban J connectivity index is 2.38. The summed E-state index contributed by atoms with van der Waals surface area (Å²) in [4.78, 5) is 32.4. The van der Waals surface area contributed by atoms with Crippen LogP contribution >= 0.6 is 0 Å². The van der Waals surface area contributed by atoms with Crippen molar-refractivity contribution in [3.8, 4) is 0 Å². The Kier molecular flexibility index (Phi) is 7.80. The summed E-state index contributed by atoms with van der Waals surface area (Å²) in [7, 11) is 0. The fraction of sp³-hybridized carbons (Fsp3) is 0.471. The van der Waals surface area contributed by atoms with Crippen LogP contribution in [0.5, 0.6) is 0 Å². The van der Waals surface area contributed by atoms with Crippen molar-refractivity contribution >= 4 is 17.9 Å². The molecule has 0 atom stereocenters. The second-order valence-corrected chi connectivity index (χ2v) is 5.54. The van der Waals surface area contributed by atoms with E-state index < -0.39 is 17.9 Å². The third-order valence-electron chi connectivity index (χ3n) is 3.59. The summed E-state index contributed by atoms with van der Waals surface area (Å²) < 4.78 is 0. The molecule has 0 aliphatic rings. The molecule has 0 spiro atoms. The second-order valence-electron chi connectivity index (χ2n) is 5.54. The van der Waals surface area contributed by atoms with Crippen molar-refractivity contribution in [2.45, 2.75) is 51.4 Å². The molecule has 23 heavy (non-hydrogen) atoms. The molecule has 0 fully saturated rings. The molecule has 6 heteroatoms. The molecule has 0 radical (unpaired) electrons. The van der Waals surface area contributed by atoms with Gasteiger partial charge in [-0.3, -0.25) is 4.79 Å². The largest absolute Gasteiger partial charge is 0.481 e. The van der Waals surface area contributed by atoms with Crippen LogP contribution in [-0.4, -0.2) is 33.2 Å². The van der Waals surface area contributed by atoms with Crippen LogP contribution in [0.25, 0.3) is 0 Å². The summed E-state index contributed by atoms with van der Waals surface area (Å²) in [5.41, 5.74) is 0.704. The van der Waals surface area contributed by atoms with E-state index in [-0.39, 0.29) is 17.5 Å². The highest BCUT2D eigenvalue weighted by atomic mass is 16.4. The molecule has 3 N–H and O–H groups in total. The van der Waals surface area contributed by atoms with Crippen LogP contribution in [-0.2, 0) is 11.2 Å². The van der Waals surface area contributed by atoms with Crippen LogP contribution in [0.15, 0.2) is 18.2 Å². The first kappa shape index (κ1) is 18.7. The van der Waals surface area contributed by atoms with Gasteiger partial charge in [0.25, 0.3) is 0 Å². The van der Waals surface area contributed by atoms with Gasteiger partial charge in [0, 0.05) is 6.42 Å². The van der Waals surface area contributed by atoms with Gasteiger partial charge in [-0.25, -0.2) is 9.59 Å². The molecule has 0 amide bonds. The van der Waals surface area contributed by atoms with Gasteiger partial charge in [-0.05, 0) is 43.0 Å². The summed E-state index contributed by atoms with van der Waals surface area (Å²) in [6, 6.07) is 4.19. The van der Waals surface area contributed by atoms with E-state index in [1.54, 1.807) is 0 Å². The Morgan fingerprint density at radius 2 is 1.17 bits per heavy atom. The van der Waals surface area contributed by atoms with Gasteiger partial charge < -0.3 is 15.3 Å². The number of carboxylic acids is 3. The van der Waals surface area contributed by atoms with E-state index in [1.165, 1.54) is 12.1 Å². The maximum absolute atomic E-state index is 11.0. The first-order valence-corrected chi connectivity index (χ1v) is 7.72. The van der Waals surface area contributed by atoms with E-state index in [0.29, 0.717) is 18.4 Å². The van der Waals surface area contributed by atoms with Gasteiger partial charge >= 0.3 is 17.9 Å². The van der Waals surface area contributed by atoms with Crippen molar-refractivity contribution in [3.63, 3.8) is 0 Å². The number of carboxylic acid groups (broad SMARTS) is 3. The quantitative estimate of drug-likeness (QED) is 0.538. The first-order valence-electron chi connectivity index (χ1n) is 7.72. The molecule has 0 aromatic heterocycles. The normalized spacial score (nSPS) is 10.4. The number of aryl methyl sites for hydroxylation is 1. The molecule has 0 saturated carbocycles. The fourth-order valence-corrected chi connectivity index (χ4v) is 2.40. The van der Waals surface area contributed by atoms with Gasteiger partial charge in [0.05, 0.1) is 11.1 Å². The summed E-state index contributed by atoms with van der Waals surface area (Å²) in [6.07, 6.45) is 6.19. The molecular weight excluding hydrogens is 300 g/mol. The highest BCUT2D eigenvalue weighted by Gasteiger charge is 2.11. The topological polar surface area (TPSA) is 112 Å². The molecule has 126 valence electrons. The zero-order valence-electron chi connectivity index (χ0n) is 13.0. The molecule has 1 rings (SSSR count). The number of hydrogen-bond donors (Lipinski definition) is 3. The summed E-state index contributed by atoms with van der Waals surface area (Å²) >= 11 is 0. The molecule has 0 aliphatic heterocycles. The monoisotopic (exact) mass is 322 g/mol. The van der Waals surface area contributed by atoms with Crippen molar-refractivity contribution in [2.24, 2.45) is 0 Å². The molecule has 0 saturated heterocycles. The van der Waals surface area contributed by atoms with Crippen LogP contribution < -0.4 is 0 Å². The molecule has 0 aliphatic carbocycles. The van der Waals surface area contributed by atoms with E-state index in [1.807, 2.05) is 0 Å². The lowest BCUT2D eigenvalue weighted by atomic mass is 10.00. The lowest BCUT2D eigenvalue weighted by Crippen LogP contribution is -2.04. The molecule has 0 bridgehead atoms. The summed E-state index contributed by atoms with van der Waals surface area (Å²) in [5, 5.41) is 26.5. The molecule has 0 heterocycles. The van der Waals surface area contributed by atoms with E-state index in [9.17, 15) is 14.4 Å². The second kappa shape index (κ2) is 9.61. The molecule has 6 nitrogen and oxygen atoms in total. The van der Waals surface area contributed by atoms with Crippen molar-refractivity contribution in [3.05, 3.63) is 34.9 Å². The van der Waals surface area contributed by atoms with Crippen LogP contribution in [0.2, 0.25) is 0 Å². The molecular formula is C17H22O6. The predicted octanol–water partition coefficient (Wildman–Crippen LogP) is 3.44. The standard InChI is InChI=1S/C17H22O6/c18-15(19)8-6-4-2-1-3-5-7-12-9-13(16(20)21)11-14(10-12)17(22)23/h9-11H,1-8H2,(H,18,19)(H,20,21)(H,22,23). The number of carbonyl (C=O) groups is 3. The van der Waals surface area contributed by atoms with Crippen LogP contribution in [0.4, 0.5) is 0 Å². The van der Waals surface area contributed by atoms with Crippen LogP contribution in [0, 0.1) is 0 Å². The van der Waals surface area contributed by atoms with Gasteiger partial charge in [0.1, 0.15) is 0 Å². The lowest BCUT2D eigenvalue weighted by Gasteiger charge is -2.06. The Bertz CT molecular complexity index is 532. The summed E-state index contributed by atoms with van der Waals surface area (Å²) in [6.45, 7) is 0. The van der Waals surface area contributed by atoms with Crippen molar-refractivity contribution in [1.82, 2.24) is 0 Å². The molecule has 1 aromatic carbocycles. The van der Waals surface area contributed by atoms with E-state index in [4.69, 9.17) is 15.3 Å². The Hall–Kier alpha value is -2.37.